The van der Waals surface area contributed by atoms with Gasteiger partial charge in [-0.3, -0.25) is 9.69 Å². The summed E-state index contributed by atoms with van der Waals surface area (Å²) in [5.41, 5.74) is 0. The average Bonchev–Trinajstić information content (AvgIpc) is 2.04. The van der Waals surface area contributed by atoms with E-state index < -0.39 is 5.97 Å². The van der Waals surface area contributed by atoms with Crippen LogP contribution in [0, 0.1) is 0 Å². The van der Waals surface area contributed by atoms with E-state index in [0.717, 1.165) is 25.9 Å². The van der Waals surface area contributed by atoms with Crippen LogP contribution in [0.15, 0.2) is 0 Å². The first kappa shape index (κ1) is 10.5. The molecule has 1 saturated heterocycles. The Morgan fingerprint density at radius 2 is 2.00 bits per heavy atom. The predicted molar refractivity (Wildman–Crippen MR) is 50.8 cm³/mol. The summed E-state index contributed by atoms with van der Waals surface area (Å²) in [4.78, 5) is 14.7. The lowest BCUT2D eigenvalue weighted by Crippen LogP contribution is -2.43. The first-order valence-corrected chi connectivity index (χ1v) is 4.70. The second-order valence-corrected chi connectivity index (χ2v) is 3.86. The summed E-state index contributed by atoms with van der Waals surface area (Å²) in [7, 11) is 4.16. The van der Waals surface area contributed by atoms with Gasteiger partial charge in [-0.15, -0.1) is 0 Å². The smallest absolute Gasteiger partial charge is 0.317 e. The third kappa shape index (κ3) is 3.32. The van der Waals surface area contributed by atoms with Gasteiger partial charge in [0.15, 0.2) is 0 Å². The number of nitrogens with zero attached hydrogens (tertiary/aromatic N) is 2. The number of piperidine rings is 1. The molecule has 1 aliphatic rings. The molecule has 0 atom stereocenters. The molecular weight excluding hydrogens is 168 g/mol. The highest BCUT2D eigenvalue weighted by molar-refractivity contribution is 5.69. The largest absolute Gasteiger partial charge is 0.480 e. The minimum Gasteiger partial charge on any atom is -0.480 e. The van der Waals surface area contributed by atoms with Crippen LogP contribution in [0.25, 0.3) is 0 Å². The van der Waals surface area contributed by atoms with E-state index in [9.17, 15) is 4.79 Å². The second-order valence-electron chi connectivity index (χ2n) is 3.86. The highest BCUT2D eigenvalue weighted by Crippen LogP contribution is 2.13. The number of likely N-dealkylation sites (tertiary alicyclic amines) is 1. The highest BCUT2D eigenvalue weighted by atomic mass is 16.4. The van der Waals surface area contributed by atoms with Crippen molar-refractivity contribution in [3.63, 3.8) is 0 Å². The Kier molecular flexibility index (Phi) is 3.69. The van der Waals surface area contributed by atoms with Crippen LogP contribution in [-0.2, 0) is 4.79 Å². The lowest BCUT2D eigenvalue weighted by atomic mass is 10.0. The molecule has 1 rings (SSSR count). The Morgan fingerprint density at radius 3 is 2.38 bits per heavy atom. The highest BCUT2D eigenvalue weighted by Gasteiger charge is 2.21. The van der Waals surface area contributed by atoms with Crippen LogP contribution in [0.4, 0.5) is 0 Å². The third-order valence-corrected chi connectivity index (χ3v) is 2.65. The van der Waals surface area contributed by atoms with Gasteiger partial charge in [0.25, 0.3) is 0 Å². The molecule has 0 aromatic carbocycles. The number of carbonyl (C=O) groups is 1. The molecule has 0 aromatic rings. The zero-order chi connectivity index (χ0) is 9.84. The van der Waals surface area contributed by atoms with Crippen LogP contribution in [0.1, 0.15) is 12.8 Å². The van der Waals surface area contributed by atoms with Crippen LogP contribution in [-0.4, -0.2) is 60.6 Å². The average molecular weight is 186 g/mol. The van der Waals surface area contributed by atoms with Gasteiger partial charge in [0, 0.05) is 19.1 Å². The fourth-order valence-corrected chi connectivity index (χ4v) is 1.79. The lowest BCUT2D eigenvalue weighted by molar-refractivity contribution is -0.138. The van der Waals surface area contributed by atoms with Gasteiger partial charge in [0.05, 0.1) is 6.54 Å². The molecule has 0 amide bonds. The summed E-state index contributed by atoms with van der Waals surface area (Å²) in [6.07, 6.45) is 2.17. The van der Waals surface area contributed by atoms with Gasteiger partial charge in [0.1, 0.15) is 0 Å². The van der Waals surface area contributed by atoms with Gasteiger partial charge in [0.2, 0.25) is 0 Å². The van der Waals surface area contributed by atoms with Crippen LogP contribution in [0.2, 0.25) is 0 Å². The first-order chi connectivity index (χ1) is 6.09. The fourth-order valence-electron chi connectivity index (χ4n) is 1.79. The summed E-state index contributed by atoms with van der Waals surface area (Å²) in [6.45, 7) is 2.02. The van der Waals surface area contributed by atoms with Crippen molar-refractivity contribution in [3.05, 3.63) is 0 Å². The van der Waals surface area contributed by atoms with Crippen molar-refractivity contribution >= 4 is 5.97 Å². The van der Waals surface area contributed by atoms with E-state index in [4.69, 9.17) is 5.11 Å². The standard InChI is InChI=1S/C9H18N2O2/c1-10(2)8-3-5-11(6-4-8)7-9(12)13/h8H,3-7H2,1-2H3,(H,12,13). The maximum Gasteiger partial charge on any atom is 0.317 e. The van der Waals surface area contributed by atoms with Crippen molar-refractivity contribution in [1.29, 1.82) is 0 Å². The van der Waals surface area contributed by atoms with Gasteiger partial charge in [-0.1, -0.05) is 0 Å². The quantitative estimate of drug-likeness (QED) is 0.679. The molecule has 0 aromatic heterocycles. The molecule has 0 spiro atoms. The maximum absolute atomic E-state index is 10.4. The minimum absolute atomic E-state index is 0.195. The summed E-state index contributed by atoms with van der Waals surface area (Å²) in [5, 5.41) is 8.59. The van der Waals surface area contributed by atoms with Gasteiger partial charge < -0.3 is 10.0 Å². The van der Waals surface area contributed by atoms with E-state index in [1.807, 2.05) is 4.90 Å². The van der Waals surface area contributed by atoms with Crippen molar-refractivity contribution in [2.24, 2.45) is 0 Å². The molecule has 76 valence electrons. The van der Waals surface area contributed by atoms with E-state index in [1.54, 1.807) is 0 Å². The Bertz CT molecular complexity index is 174. The predicted octanol–water partition coefficient (Wildman–Crippen LogP) is 0.0970. The Balaban J connectivity index is 2.26. The number of aliphatic carboxylic acids is 1. The number of rotatable bonds is 3. The molecular formula is C9H18N2O2. The van der Waals surface area contributed by atoms with Gasteiger partial charge in [-0.2, -0.15) is 0 Å². The molecule has 13 heavy (non-hydrogen) atoms. The molecule has 0 unspecified atom stereocenters. The third-order valence-electron chi connectivity index (χ3n) is 2.65. The van der Waals surface area contributed by atoms with E-state index in [-0.39, 0.29) is 6.54 Å². The SMILES string of the molecule is CN(C)C1CCN(CC(=O)O)CC1. The van der Waals surface area contributed by atoms with Crippen molar-refractivity contribution in [1.82, 2.24) is 9.80 Å². The van der Waals surface area contributed by atoms with E-state index in [2.05, 4.69) is 19.0 Å². The summed E-state index contributed by atoms with van der Waals surface area (Å²) in [6, 6.07) is 0.630. The zero-order valence-corrected chi connectivity index (χ0v) is 8.36. The topological polar surface area (TPSA) is 43.8 Å². The summed E-state index contributed by atoms with van der Waals surface area (Å²) < 4.78 is 0. The monoisotopic (exact) mass is 186 g/mol. The van der Waals surface area contributed by atoms with E-state index >= 15 is 0 Å². The molecule has 0 aliphatic carbocycles. The second kappa shape index (κ2) is 4.58. The molecule has 1 N–H and O–H groups in total. The number of hydrogen-bond acceptors (Lipinski definition) is 3. The number of carboxylic acid groups (broad SMARTS) is 1. The molecule has 0 radical (unpaired) electrons. The lowest BCUT2D eigenvalue weighted by Gasteiger charge is -2.34. The van der Waals surface area contributed by atoms with Crippen molar-refractivity contribution in [3.8, 4) is 0 Å². The zero-order valence-electron chi connectivity index (χ0n) is 8.36. The Labute approximate surface area is 79.1 Å². The first-order valence-electron chi connectivity index (χ1n) is 4.70. The van der Waals surface area contributed by atoms with Crippen molar-refractivity contribution in [2.45, 2.75) is 18.9 Å². The van der Waals surface area contributed by atoms with Crippen LogP contribution >= 0.6 is 0 Å². The summed E-state index contributed by atoms with van der Waals surface area (Å²) in [5.74, 6) is -0.719. The van der Waals surface area contributed by atoms with Gasteiger partial charge in [-0.05, 0) is 26.9 Å². The van der Waals surface area contributed by atoms with Crippen LogP contribution in [0.3, 0.4) is 0 Å². The molecule has 4 heteroatoms. The normalized spacial score (nSPS) is 20.8. The van der Waals surface area contributed by atoms with Gasteiger partial charge >= 0.3 is 5.97 Å². The Morgan fingerprint density at radius 1 is 1.46 bits per heavy atom. The minimum atomic E-state index is -0.719. The molecule has 0 bridgehead atoms. The Hall–Kier alpha value is -0.610. The van der Waals surface area contributed by atoms with Crippen LogP contribution in [0.5, 0.6) is 0 Å². The molecule has 1 fully saturated rings. The van der Waals surface area contributed by atoms with Crippen molar-refractivity contribution in [2.75, 3.05) is 33.7 Å². The molecule has 0 saturated carbocycles. The van der Waals surface area contributed by atoms with Crippen LogP contribution < -0.4 is 0 Å². The number of carboxylic acids is 1. The van der Waals surface area contributed by atoms with E-state index in [0.29, 0.717) is 6.04 Å². The van der Waals surface area contributed by atoms with Gasteiger partial charge in [-0.25, -0.2) is 0 Å². The fraction of sp³-hybridized carbons (Fsp3) is 0.889. The van der Waals surface area contributed by atoms with E-state index in [1.165, 1.54) is 0 Å². The maximum atomic E-state index is 10.4. The molecule has 1 aliphatic heterocycles. The summed E-state index contributed by atoms with van der Waals surface area (Å²) >= 11 is 0. The molecule has 4 nitrogen and oxygen atoms in total. The van der Waals surface area contributed by atoms with Crippen molar-refractivity contribution < 1.29 is 9.90 Å². The molecule has 1 heterocycles. The number of hydrogen-bond donors (Lipinski definition) is 1.